The lowest BCUT2D eigenvalue weighted by atomic mass is 9.95. The van der Waals surface area contributed by atoms with Crippen molar-refractivity contribution in [3.63, 3.8) is 0 Å². The minimum atomic E-state index is 0.218. The van der Waals surface area contributed by atoms with Gasteiger partial charge in [0.25, 0.3) is 0 Å². The van der Waals surface area contributed by atoms with Crippen LogP contribution in [-0.2, 0) is 0 Å². The number of methoxy groups -OCH3 is 1. The summed E-state index contributed by atoms with van der Waals surface area (Å²) in [7, 11) is 1.73. The van der Waals surface area contributed by atoms with E-state index in [9.17, 15) is 0 Å². The summed E-state index contributed by atoms with van der Waals surface area (Å²) in [5.41, 5.74) is 4.94. The predicted molar refractivity (Wildman–Crippen MR) is 97.1 cm³/mol. The molecule has 0 heterocycles. The quantitative estimate of drug-likeness (QED) is 0.747. The third-order valence-electron chi connectivity index (χ3n) is 3.63. The third-order valence-corrected chi connectivity index (χ3v) is 4.35. The molecule has 1 unspecified atom stereocenters. The maximum absolute atomic E-state index is 5.47. The van der Waals surface area contributed by atoms with Crippen LogP contribution < -0.4 is 10.1 Å². The van der Waals surface area contributed by atoms with Gasteiger partial charge in [-0.25, -0.2) is 0 Å². The highest BCUT2D eigenvalue weighted by Gasteiger charge is 2.15. The van der Waals surface area contributed by atoms with E-state index < -0.39 is 0 Å². The molecule has 1 N–H and O–H groups in total. The van der Waals surface area contributed by atoms with Crippen LogP contribution in [0.5, 0.6) is 5.75 Å². The summed E-state index contributed by atoms with van der Waals surface area (Å²) in [5.74, 6) is 0.983. The molecule has 3 heteroatoms. The average Bonchev–Trinajstić information content (AvgIpc) is 2.45. The van der Waals surface area contributed by atoms with Crippen LogP contribution in [0.3, 0.4) is 0 Å². The van der Waals surface area contributed by atoms with Crippen LogP contribution in [0, 0.1) is 17.4 Å². The summed E-state index contributed by atoms with van der Waals surface area (Å²) in [5, 5.41) is 3.58. The molecule has 0 aliphatic carbocycles. The third kappa shape index (κ3) is 3.77. The minimum absolute atomic E-state index is 0.218. The molecule has 0 aliphatic rings. The van der Waals surface area contributed by atoms with E-state index in [4.69, 9.17) is 4.74 Å². The number of aryl methyl sites for hydroxylation is 2. The molecule has 0 aliphatic heterocycles. The Morgan fingerprint density at radius 1 is 1.05 bits per heavy atom. The number of benzene rings is 2. The Morgan fingerprint density at radius 2 is 1.62 bits per heavy atom. The molecule has 0 fully saturated rings. The van der Waals surface area contributed by atoms with Crippen molar-refractivity contribution in [2.24, 2.45) is 0 Å². The number of rotatable bonds is 5. The summed E-state index contributed by atoms with van der Waals surface area (Å²) in [6.45, 7) is 7.28. The van der Waals surface area contributed by atoms with Crippen molar-refractivity contribution in [2.45, 2.75) is 26.8 Å². The molecule has 2 nitrogen and oxygen atoms in total. The first-order valence-electron chi connectivity index (χ1n) is 7.20. The summed E-state index contributed by atoms with van der Waals surface area (Å²) in [6, 6.07) is 13.4. The zero-order chi connectivity index (χ0) is 15.4. The van der Waals surface area contributed by atoms with E-state index in [1.54, 1.807) is 7.11 Å². The molecular weight excluding hydrogens is 373 g/mol. The van der Waals surface area contributed by atoms with Gasteiger partial charge in [0.2, 0.25) is 0 Å². The number of hydrogen-bond donors (Lipinski definition) is 1. The maximum Gasteiger partial charge on any atom is 0.124 e. The number of nitrogens with one attached hydrogen (secondary N) is 1. The smallest absolute Gasteiger partial charge is 0.124 e. The van der Waals surface area contributed by atoms with E-state index in [0.29, 0.717) is 0 Å². The second-order valence-electron chi connectivity index (χ2n) is 5.23. The minimum Gasteiger partial charge on any atom is -0.496 e. The normalized spacial score (nSPS) is 12.2. The van der Waals surface area contributed by atoms with Gasteiger partial charge in [-0.2, -0.15) is 0 Å². The number of hydrogen-bond acceptors (Lipinski definition) is 2. The molecule has 0 saturated heterocycles. The fourth-order valence-electron chi connectivity index (χ4n) is 2.76. The van der Waals surface area contributed by atoms with Gasteiger partial charge < -0.3 is 10.1 Å². The lowest BCUT2D eigenvalue weighted by Crippen LogP contribution is -2.22. The molecule has 21 heavy (non-hydrogen) atoms. The zero-order valence-corrected chi connectivity index (χ0v) is 15.2. The Labute approximate surface area is 141 Å². The SMILES string of the molecule is CCNC(c1ccc(I)cc1)c1cc(C)c(OC)c(C)c1. The van der Waals surface area contributed by atoms with Gasteiger partial charge in [0.1, 0.15) is 5.75 Å². The summed E-state index contributed by atoms with van der Waals surface area (Å²) < 4.78 is 6.73. The van der Waals surface area contributed by atoms with E-state index in [1.165, 1.54) is 25.8 Å². The van der Waals surface area contributed by atoms with Gasteiger partial charge >= 0.3 is 0 Å². The van der Waals surface area contributed by atoms with Gasteiger partial charge in [-0.05, 0) is 77.4 Å². The van der Waals surface area contributed by atoms with Crippen LogP contribution in [0.2, 0.25) is 0 Å². The molecular formula is C18H22INO. The van der Waals surface area contributed by atoms with Crippen molar-refractivity contribution >= 4 is 22.6 Å². The molecule has 0 spiro atoms. The van der Waals surface area contributed by atoms with Crippen molar-refractivity contribution in [3.05, 3.63) is 62.2 Å². The van der Waals surface area contributed by atoms with E-state index in [0.717, 1.165) is 12.3 Å². The van der Waals surface area contributed by atoms with E-state index in [1.807, 2.05) is 0 Å². The highest BCUT2D eigenvalue weighted by Crippen LogP contribution is 2.30. The van der Waals surface area contributed by atoms with Gasteiger partial charge in [-0.1, -0.05) is 31.2 Å². The van der Waals surface area contributed by atoms with E-state index >= 15 is 0 Å². The molecule has 2 rings (SSSR count). The molecule has 112 valence electrons. The van der Waals surface area contributed by atoms with Gasteiger partial charge in [-0.15, -0.1) is 0 Å². The molecule has 0 saturated carbocycles. The van der Waals surface area contributed by atoms with Crippen LogP contribution >= 0.6 is 22.6 Å². The van der Waals surface area contributed by atoms with Gasteiger partial charge in [0, 0.05) is 3.57 Å². The summed E-state index contributed by atoms with van der Waals surface area (Å²) >= 11 is 2.34. The lowest BCUT2D eigenvalue weighted by Gasteiger charge is -2.21. The van der Waals surface area contributed by atoms with Crippen molar-refractivity contribution in [1.82, 2.24) is 5.32 Å². The van der Waals surface area contributed by atoms with Gasteiger partial charge in [-0.3, -0.25) is 0 Å². The average molecular weight is 395 g/mol. The fraction of sp³-hybridized carbons (Fsp3) is 0.333. The monoisotopic (exact) mass is 395 g/mol. The Kier molecular flexibility index (Phi) is 5.65. The Bertz CT molecular complexity index is 584. The Balaban J connectivity index is 2.45. The highest BCUT2D eigenvalue weighted by atomic mass is 127. The lowest BCUT2D eigenvalue weighted by molar-refractivity contribution is 0.408. The second-order valence-corrected chi connectivity index (χ2v) is 6.48. The maximum atomic E-state index is 5.47. The Morgan fingerprint density at radius 3 is 2.10 bits per heavy atom. The summed E-state index contributed by atoms with van der Waals surface area (Å²) in [6.07, 6.45) is 0. The standard InChI is InChI=1S/C18H22INO/c1-5-20-17(14-6-8-16(19)9-7-14)15-10-12(2)18(21-4)13(3)11-15/h6-11,17,20H,5H2,1-4H3. The van der Waals surface area contributed by atoms with E-state index in [-0.39, 0.29) is 6.04 Å². The molecule has 2 aromatic carbocycles. The Hall–Kier alpha value is -1.07. The summed E-state index contributed by atoms with van der Waals surface area (Å²) in [4.78, 5) is 0. The van der Waals surface area contributed by atoms with Crippen LogP contribution in [0.1, 0.15) is 35.2 Å². The highest BCUT2D eigenvalue weighted by molar-refractivity contribution is 14.1. The van der Waals surface area contributed by atoms with Crippen LogP contribution in [0.25, 0.3) is 0 Å². The largest absolute Gasteiger partial charge is 0.496 e. The number of halogens is 1. The zero-order valence-electron chi connectivity index (χ0n) is 13.0. The predicted octanol–water partition coefficient (Wildman–Crippen LogP) is 4.62. The van der Waals surface area contributed by atoms with Crippen LogP contribution in [0.4, 0.5) is 0 Å². The van der Waals surface area contributed by atoms with Crippen molar-refractivity contribution in [1.29, 1.82) is 0 Å². The molecule has 0 aromatic heterocycles. The van der Waals surface area contributed by atoms with Crippen LogP contribution in [0.15, 0.2) is 36.4 Å². The fourth-order valence-corrected chi connectivity index (χ4v) is 3.12. The molecule has 0 amide bonds. The molecule has 0 bridgehead atoms. The van der Waals surface area contributed by atoms with Crippen molar-refractivity contribution in [2.75, 3.05) is 13.7 Å². The van der Waals surface area contributed by atoms with Crippen molar-refractivity contribution in [3.8, 4) is 5.75 Å². The van der Waals surface area contributed by atoms with Gasteiger partial charge in [0.15, 0.2) is 0 Å². The molecule has 2 aromatic rings. The first kappa shape index (κ1) is 16.3. The van der Waals surface area contributed by atoms with E-state index in [2.05, 4.69) is 85.1 Å². The first-order valence-corrected chi connectivity index (χ1v) is 8.28. The van der Waals surface area contributed by atoms with Crippen LogP contribution in [-0.4, -0.2) is 13.7 Å². The second kappa shape index (κ2) is 7.27. The van der Waals surface area contributed by atoms with Crippen molar-refractivity contribution < 1.29 is 4.74 Å². The molecule has 1 atom stereocenters. The molecule has 0 radical (unpaired) electrons. The van der Waals surface area contributed by atoms with Gasteiger partial charge in [0.05, 0.1) is 13.2 Å². The first-order chi connectivity index (χ1) is 10.1. The topological polar surface area (TPSA) is 21.3 Å². The number of ether oxygens (including phenoxy) is 1.